The lowest BCUT2D eigenvalue weighted by molar-refractivity contribution is 0.0785. The fourth-order valence-corrected chi connectivity index (χ4v) is 3.18. The van der Waals surface area contributed by atoms with Gasteiger partial charge in [0.25, 0.3) is 0 Å². The van der Waals surface area contributed by atoms with Crippen molar-refractivity contribution in [2.24, 2.45) is 0 Å². The molecule has 0 saturated carbocycles. The molecule has 2 rings (SSSR count). The van der Waals surface area contributed by atoms with Crippen LogP contribution in [0.15, 0.2) is 29.2 Å². The molecule has 0 bridgehead atoms. The minimum Gasteiger partial charge on any atom is -0.398 e. The number of para-hydroxylation sites is 1. The first kappa shape index (κ1) is 11.4. The Bertz CT molecular complexity index is 467. The number of sulfone groups is 1. The minimum absolute atomic E-state index is 0.142. The Morgan fingerprint density at radius 3 is 2.75 bits per heavy atom. The summed E-state index contributed by atoms with van der Waals surface area (Å²) >= 11 is 0. The highest BCUT2D eigenvalue weighted by Gasteiger charge is 2.31. The lowest BCUT2D eigenvalue weighted by Crippen LogP contribution is -2.43. The Labute approximate surface area is 94.5 Å². The molecule has 0 amide bonds. The van der Waals surface area contributed by atoms with Crippen molar-refractivity contribution in [1.82, 2.24) is 5.32 Å². The van der Waals surface area contributed by atoms with Crippen molar-refractivity contribution in [3.63, 3.8) is 0 Å². The van der Waals surface area contributed by atoms with E-state index in [1.165, 1.54) is 6.07 Å². The highest BCUT2D eigenvalue weighted by atomic mass is 32.2. The number of anilines is 1. The van der Waals surface area contributed by atoms with Crippen LogP contribution in [0.2, 0.25) is 0 Å². The van der Waals surface area contributed by atoms with E-state index in [1.807, 2.05) is 0 Å². The fourth-order valence-electron chi connectivity index (χ4n) is 1.62. The molecule has 0 aromatic heterocycles. The first-order chi connectivity index (χ1) is 7.62. The van der Waals surface area contributed by atoms with E-state index in [1.54, 1.807) is 18.2 Å². The monoisotopic (exact) mass is 242 g/mol. The van der Waals surface area contributed by atoms with Gasteiger partial charge in [-0.1, -0.05) is 12.1 Å². The van der Waals surface area contributed by atoms with E-state index in [2.05, 4.69) is 5.32 Å². The average Bonchev–Trinajstić information content (AvgIpc) is 2.30. The summed E-state index contributed by atoms with van der Waals surface area (Å²) < 4.78 is 29.6. The molecule has 1 fully saturated rings. The third-order valence-corrected chi connectivity index (χ3v) is 4.44. The number of hydrogen-bond acceptors (Lipinski definition) is 5. The van der Waals surface area contributed by atoms with E-state index in [0.717, 1.165) is 0 Å². The quantitative estimate of drug-likeness (QED) is 0.713. The summed E-state index contributed by atoms with van der Waals surface area (Å²) in [6.45, 7) is 1.38. The van der Waals surface area contributed by atoms with Crippen molar-refractivity contribution in [3.8, 4) is 0 Å². The van der Waals surface area contributed by atoms with Crippen molar-refractivity contribution >= 4 is 15.5 Å². The average molecular weight is 242 g/mol. The number of nitrogen functional groups attached to an aromatic ring is 1. The summed E-state index contributed by atoms with van der Waals surface area (Å²) in [7, 11) is -3.50. The van der Waals surface area contributed by atoms with Gasteiger partial charge >= 0.3 is 0 Å². The Hall–Kier alpha value is -1.11. The molecule has 1 aliphatic rings. The van der Waals surface area contributed by atoms with Crippen LogP contribution in [0.5, 0.6) is 0 Å². The van der Waals surface area contributed by atoms with Crippen molar-refractivity contribution in [3.05, 3.63) is 24.3 Å². The van der Waals surface area contributed by atoms with Gasteiger partial charge in [0.15, 0.2) is 5.44 Å². The van der Waals surface area contributed by atoms with Crippen LogP contribution in [0.3, 0.4) is 0 Å². The number of ether oxygens (including phenoxy) is 1. The Morgan fingerprint density at radius 1 is 1.38 bits per heavy atom. The van der Waals surface area contributed by atoms with Gasteiger partial charge in [-0.3, -0.25) is 0 Å². The van der Waals surface area contributed by atoms with Gasteiger partial charge in [0, 0.05) is 13.1 Å². The summed E-state index contributed by atoms with van der Waals surface area (Å²) in [4.78, 5) is 0.142. The molecule has 1 aliphatic heterocycles. The third-order valence-electron chi connectivity index (χ3n) is 2.47. The molecule has 1 atom stereocenters. The van der Waals surface area contributed by atoms with Gasteiger partial charge in [-0.15, -0.1) is 0 Å². The highest BCUT2D eigenvalue weighted by Crippen LogP contribution is 2.23. The molecule has 0 aliphatic carbocycles. The van der Waals surface area contributed by atoms with E-state index in [4.69, 9.17) is 10.5 Å². The van der Waals surface area contributed by atoms with Crippen LogP contribution in [0.1, 0.15) is 0 Å². The Balaban J connectivity index is 2.35. The molecule has 88 valence electrons. The molecule has 5 nitrogen and oxygen atoms in total. The van der Waals surface area contributed by atoms with E-state index >= 15 is 0 Å². The predicted molar refractivity (Wildman–Crippen MR) is 60.6 cm³/mol. The zero-order chi connectivity index (χ0) is 11.6. The first-order valence-electron chi connectivity index (χ1n) is 5.03. The van der Waals surface area contributed by atoms with Crippen LogP contribution < -0.4 is 11.1 Å². The molecule has 1 aromatic carbocycles. The lowest BCUT2D eigenvalue weighted by atomic mass is 10.3. The summed E-state index contributed by atoms with van der Waals surface area (Å²) in [6, 6.07) is 6.43. The largest absolute Gasteiger partial charge is 0.398 e. The number of nitrogens with two attached hydrogens (primary N) is 1. The van der Waals surface area contributed by atoms with E-state index < -0.39 is 15.3 Å². The smallest absolute Gasteiger partial charge is 0.208 e. The van der Waals surface area contributed by atoms with Gasteiger partial charge in [0.2, 0.25) is 9.84 Å². The second-order valence-corrected chi connectivity index (χ2v) is 5.64. The van der Waals surface area contributed by atoms with Gasteiger partial charge < -0.3 is 15.8 Å². The minimum atomic E-state index is -3.50. The van der Waals surface area contributed by atoms with Crippen LogP contribution in [0.4, 0.5) is 5.69 Å². The van der Waals surface area contributed by atoms with Crippen LogP contribution in [-0.4, -0.2) is 33.6 Å². The van der Waals surface area contributed by atoms with Crippen LogP contribution in [0.25, 0.3) is 0 Å². The van der Waals surface area contributed by atoms with Gasteiger partial charge in [-0.25, -0.2) is 8.42 Å². The summed E-state index contributed by atoms with van der Waals surface area (Å²) in [5.74, 6) is 0. The Kier molecular flexibility index (Phi) is 3.13. The normalized spacial score (nSPS) is 21.9. The standard InChI is InChI=1S/C10H14N2O3S/c11-8-3-1-2-4-9(8)16(13,14)10-7-12-5-6-15-10/h1-4,10,12H,5-7,11H2. The maximum Gasteiger partial charge on any atom is 0.208 e. The molecule has 1 unspecified atom stereocenters. The molecule has 16 heavy (non-hydrogen) atoms. The van der Waals surface area contributed by atoms with Crippen molar-refractivity contribution in [1.29, 1.82) is 0 Å². The number of benzene rings is 1. The molecule has 1 heterocycles. The maximum atomic E-state index is 12.2. The second kappa shape index (κ2) is 4.40. The summed E-state index contributed by atoms with van der Waals surface area (Å²) in [5.41, 5.74) is 5.08. The van der Waals surface area contributed by atoms with Gasteiger partial charge in [0.05, 0.1) is 17.2 Å². The molecular weight excluding hydrogens is 228 g/mol. The number of hydrogen-bond donors (Lipinski definition) is 2. The highest BCUT2D eigenvalue weighted by molar-refractivity contribution is 7.92. The zero-order valence-electron chi connectivity index (χ0n) is 8.72. The first-order valence-corrected chi connectivity index (χ1v) is 6.58. The number of morpholine rings is 1. The summed E-state index contributed by atoms with van der Waals surface area (Å²) in [6.07, 6.45) is 0. The van der Waals surface area contributed by atoms with Gasteiger partial charge in [0.1, 0.15) is 0 Å². The summed E-state index contributed by atoms with van der Waals surface area (Å²) in [5, 5.41) is 2.99. The van der Waals surface area contributed by atoms with E-state index in [9.17, 15) is 8.42 Å². The SMILES string of the molecule is Nc1ccccc1S(=O)(=O)C1CNCCO1. The van der Waals surface area contributed by atoms with Crippen molar-refractivity contribution < 1.29 is 13.2 Å². The third kappa shape index (κ3) is 2.04. The maximum absolute atomic E-state index is 12.2. The second-order valence-electron chi connectivity index (χ2n) is 3.59. The topological polar surface area (TPSA) is 81.4 Å². The predicted octanol–water partition coefficient (Wildman–Crippen LogP) is -0.0116. The zero-order valence-corrected chi connectivity index (χ0v) is 9.53. The van der Waals surface area contributed by atoms with Crippen LogP contribution in [0, 0.1) is 0 Å². The molecule has 1 aromatic rings. The lowest BCUT2D eigenvalue weighted by Gasteiger charge is -2.23. The number of nitrogens with one attached hydrogen (secondary N) is 1. The molecule has 0 spiro atoms. The van der Waals surface area contributed by atoms with Gasteiger partial charge in [-0.05, 0) is 12.1 Å². The van der Waals surface area contributed by atoms with Crippen molar-refractivity contribution in [2.45, 2.75) is 10.3 Å². The van der Waals surface area contributed by atoms with E-state index in [-0.39, 0.29) is 10.6 Å². The van der Waals surface area contributed by atoms with E-state index in [0.29, 0.717) is 19.7 Å². The Morgan fingerprint density at radius 2 is 2.12 bits per heavy atom. The van der Waals surface area contributed by atoms with Crippen LogP contribution in [-0.2, 0) is 14.6 Å². The molecule has 0 radical (unpaired) electrons. The molecule has 3 N–H and O–H groups in total. The molecule has 1 saturated heterocycles. The molecular formula is C10H14N2O3S. The molecule has 6 heteroatoms. The fraction of sp³-hybridized carbons (Fsp3) is 0.400. The number of rotatable bonds is 2. The van der Waals surface area contributed by atoms with Crippen LogP contribution >= 0.6 is 0 Å². The van der Waals surface area contributed by atoms with Gasteiger partial charge in [-0.2, -0.15) is 0 Å². The van der Waals surface area contributed by atoms with Crippen molar-refractivity contribution in [2.75, 3.05) is 25.4 Å².